The van der Waals surface area contributed by atoms with Gasteiger partial charge in [0.1, 0.15) is 0 Å². The van der Waals surface area contributed by atoms with Crippen LogP contribution >= 0.6 is 27.3 Å². The minimum Gasteiger partial charge on any atom is -0.504 e. The van der Waals surface area contributed by atoms with Gasteiger partial charge in [-0.25, -0.2) is 9.79 Å². The van der Waals surface area contributed by atoms with E-state index in [1.54, 1.807) is 50.3 Å². The highest BCUT2D eigenvalue weighted by molar-refractivity contribution is 9.10. The van der Waals surface area contributed by atoms with Gasteiger partial charge < -0.3 is 24.1 Å². The molecule has 2 heterocycles. The number of hydrogen-bond acceptors (Lipinski definition) is 9. The Morgan fingerprint density at radius 2 is 1.90 bits per heavy atom. The molecular formula is C28H29BrN2O7S. The van der Waals surface area contributed by atoms with E-state index >= 15 is 0 Å². The number of rotatable bonds is 8. The maximum atomic E-state index is 13.9. The van der Waals surface area contributed by atoms with Gasteiger partial charge in [-0.15, -0.1) is 0 Å². The van der Waals surface area contributed by atoms with E-state index in [0.717, 1.165) is 11.3 Å². The molecule has 0 saturated heterocycles. The summed E-state index contributed by atoms with van der Waals surface area (Å²) in [5.41, 5.74) is 1.33. The lowest BCUT2D eigenvalue weighted by Crippen LogP contribution is -2.40. The first-order chi connectivity index (χ1) is 18.6. The number of phenolic OH excluding ortho intramolecular Hbond substituents is 1. The van der Waals surface area contributed by atoms with E-state index in [9.17, 15) is 14.7 Å². The number of allylic oxidation sites excluding steroid dienone is 1. The molecule has 3 aromatic rings. The van der Waals surface area contributed by atoms with Crippen molar-refractivity contribution in [2.45, 2.75) is 39.8 Å². The number of halogens is 1. The predicted molar refractivity (Wildman–Crippen MR) is 152 cm³/mol. The van der Waals surface area contributed by atoms with E-state index < -0.39 is 12.0 Å². The van der Waals surface area contributed by atoms with Gasteiger partial charge in [0.15, 0.2) is 27.8 Å². The minimum absolute atomic E-state index is 0.0762. The van der Waals surface area contributed by atoms with E-state index in [2.05, 4.69) is 20.9 Å². The lowest BCUT2D eigenvalue weighted by molar-refractivity contribution is -0.139. The van der Waals surface area contributed by atoms with Crippen LogP contribution in [-0.4, -0.2) is 42.6 Å². The Balaban J connectivity index is 1.97. The molecule has 1 aromatic heterocycles. The first-order valence-electron chi connectivity index (χ1n) is 12.2. The molecule has 11 heteroatoms. The SMILES string of the molecule is CCOC(=O)C1=C(C)N=c2sc(=Cc3cc(Br)cc(OC)c3O)c(=O)n2C1c1ccc(OC(C)C)c(OC)c1. The molecular weight excluding hydrogens is 588 g/mol. The predicted octanol–water partition coefficient (Wildman–Crippen LogP) is 4.07. The molecule has 0 aliphatic carbocycles. The molecule has 2 aromatic carbocycles. The molecule has 0 bridgehead atoms. The standard InChI is InChI=1S/C28H29BrN2O7S/c1-7-37-27(34)23-15(4)30-28-31(24(23)16-8-9-19(38-14(2)3)20(11-16)35-5)26(33)22(39-28)12-17-10-18(29)13-21(36-6)25(17)32/h8-14,24,32H,7H2,1-6H3. The van der Waals surface area contributed by atoms with Gasteiger partial charge in [-0.2, -0.15) is 0 Å². The van der Waals surface area contributed by atoms with Crippen molar-refractivity contribution in [3.05, 3.63) is 76.9 Å². The molecule has 39 heavy (non-hydrogen) atoms. The van der Waals surface area contributed by atoms with Gasteiger partial charge >= 0.3 is 5.97 Å². The average molecular weight is 618 g/mol. The number of hydrogen-bond donors (Lipinski definition) is 1. The topological polar surface area (TPSA) is 109 Å². The number of ether oxygens (including phenoxy) is 4. The molecule has 9 nitrogen and oxygen atoms in total. The van der Waals surface area contributed by atoms with Gasteiger partial charge in [-0.1, -0.05) is 33.3 Å². The lowest BCUT2D eigenvalue weighted by atomic mass is 9.95. The molecule has 4 rings (SSSR count). The van der Waals surface area contributed by atoms with Crippen LogP contribution in [0.5, 0.6) is 23.0 Å². The summed E-state index contributed by atoms with van der Waals surface area (Å²) in [6.45, 7) is 7.43. The second-order valence-electron chi connectivity index (χ2n) is 8.93. The second kappa shape index (κ2) is 11.7. The van der Waals surface area contributed by atoms with Crippen LogP contribution in [0.3, 0.4) is 0 Å². The largest absolute Gasteiger partial charge is 0.504 e. The lowest BCUT2D eigenvalue weighted by Gasteiger charge is -2.25. The summed E-state index contributed by atoms with van der Waals surface area (Å²) in [6, 6.07) is 7.79. The number of aromatic hydroxyl groups is 1. The van der Waals surface area contributed by atoms with Crippen molar-refractivity contribution in [3.63, 3.8) is 0 Å². The summed E-state index contributed by atoms with van der Waals surface area (Å²) in [7, 11) is 2.98. The van der Waals surface area contributed by atoms with Crippen LogP contribution in [0.2, 0.25) is 0 Å². The Labute approximate surface area is 237 Å². The van der Waals surface area contributed by atoms with E-state index in [1.807, 2.05) is 13.8 Å². The Hall–Kier alpha value is -3.57. The number of fused-ring (bicyclic) bond motifs is 1. The maximum Gasteiger partial charge on any atom is 0.338 e. The quantitative estimate of drug-likeness (QED) is 0.380. The third-order valence-electron chi connectivity index (χ3n) is 5.96. The normalized spacial score (nSPS) is 15.2. The van der Waals surface area contributed by atoms with Crippen LogP contribution in [-0.2, 0) is 9.53 Å². The first kappa shape index (κ1) is 28.4. The molecule has 1 aliphatic heterocycles. The Bertz CT molecular complexity index is 1640. The highest BCUT2D eigenvalue weighted by atomic mass is 79.9. The average Bonchev–Trinajstić information content (AvgIpc) is 3.19. The van der Waals surface area contributed by atoms with Crippen molar-refractivity contribution < 1.29 is 28.8 Å². The number of carbonyl (C=O) groups excluding carboxylic acids is 1. The highest BCUT2D eigenvalue weighted by Gasteiger charge is 2.34. The molecule has 206 valence electrons. The molecule has 0 spiro atoms. The number of aromatic nitrogens is 1. The van der Waals surface area contributed by atoms with Crippen LogP contribution < -0.4 is 29.1 Å². The Kier molecular flexibility index (Phi) is 8.51. The van der Waals surface area contributed by atoms with Crippen molar-refractivity contribution in [3.8, 4) is 23.0 Å². The summed E-state index contributed by atoms with van der Waals surface area (Å²) in [5.74, 6) is 0.608. The third-order valence-corrected chi connectivity index (χ3v) is 7.40. The minimum atomic E-state index is -0.824. The van der Waals surface area contributed by atoms with Crippen molar-refractivity contribution in [2.75, 3.05) is 20.8 Å². The molecule has 1 atom stereocenters. The van der Waals surface area contributed by atoms with Crippen molar-refractivity contribution in [2.24, 2.45) is 4.99 Å². The number of nitrogens with zero attached hydrogens (tertiary/aromatic N) is 2. The zero-order valence-corrected chi connectivity index (χ0v) is 24.8. The molecule has 1 N–H and O–H groups in total. The smallest absolute Gasteiger partial charge is 0.338 e. The number of phenols is 1. The van der Waals surface area contributed by atoms with E-state index in [-0.39, 0.29) is 35.3 Å². The zero-order valence-electron chi connectivity index (χ0n) is 22.4. The third kappa shape index (κ3) is 5.60. The van der Waals surface area contributed by atoms with Gasteiger partial charge in [-0.3, -0.25) is 9.36 Å². The van der Waals surface area contributed by atoms with Crippen molar-refractivity contribution >= 4 is 39.3 Å². The fourth-order valence-corrected chi connectivity index (χ4v) is 5.81. The van der Waals surface area contributed by atoms with Gasteiger partial charge in [-0.05, 0) is 63.6 Å². The van der Waals surface area contributed by atoms with Crippen molar-refractivity contribution in [1.82, 2.24) is 4.57 Å². The van der Waals surface area contributed by atoms with Crippen LogP contribution in [0.15, 0.2) is 55.9 Å². The summed E-state index contributed by atoms with van der Waals surface area (Å²) in [6.07, 6.45) is 1.50. The molecule has 0 radical (unpaired) electrons. The Morgan fingerprint density at radius 1 is 1.18 bits per heavy atom. The molecule has 1 unspecified atom stereocenters. The summed E-state index contributed by atoms with van der Waals surface area (Å²) in [4.78, 5) is 32.0. The number of esters is 1. The van der Waals surface area contributed by atoms with Gasteiger partial charge in [0.05, 0.1) is 48.8 Å². The summed E-state index contributed by atoms with van der Waals surface area (Å²) in [5, 5.41) is 10.7. The maximum absolute atomic E-state index is 13.9. The Morgan fingerprint density at radius 3 is 2.54 bits per heavy atom. The fraction of sp³-hybridized carbons (Fsp3) is 0.321. The zero-order chi connectivity index (χ0) is 28.4. The van der Waals surface area contributed by atoms with Gasteiger partial charge in [0.25, 0.3) is 5.56 Å². The number of carbonyl (C=O) groups is 1. The van der Waals surface area contributed by atoms with E-state index in [0.29, 0.717) is 42.1 Å². The number of methoxy groups -OCH3 is 2. The first-order valence-corrected chi connectivity index (χ1v) is 13.8. The van der Waals surface area contributed by atoms with Gasteiger partial charge in [0.2, 0.25) is 0 Å². The molecule has 1 aliphatic rings. The van der Waals surface area contributed by atoms with Crippen LogP contribution in [0.25, 0.3) is 6.08 Å². The molecule has 0 saturated carbocycles. The van der Waals surface area contributed by atoms with Crippen LogP contribution in [0, 0.1) is 0 Å². The van der Waals surface area contributed by atoms with E-state index in [4.69, 9.17) is 18.9 Å². The van der Waals surface area contributed by atoms with Gasteiger partial charge in [0, 0.05) is 10.0 Å². The van der Waals surface area contributed by atoms with Crippen LogP contribution in [0.4, 0.5) is 0 Å². The number of benzene rings is 2. The van der Waals surface area contributed by atoms with Crippen molar-refractivity contribution in [1.29, 1.82) is 0 Å². The highest BCUT2D eigenvalue weighted by Crippen LogP contribution is 2.37. The summed E-state index contributed by atoms with van der Waals surface area (Å²) >= 11 is 4.56. The molecule has 0 fully saturated rings. The van der Waals surface area contributed by atoms with E-state index in [1.165, 1.54) is 18.8 Å². The molecule has 0 amide bonds. The fourth-order valence-electron chi connectivity index (χ4n) is 4.31. The monoisotopic (exact) mass is 616 g/mol. The second-order valence-corrected chi connectivity index (χ2v) is 10.8. The number of thiazole rings is 1. The summed E-state index contributed by atoms with van der Waals surface area (Å²) < 4.78 is 24.5. The van der Waals surface area contributed by atoms with Crippen LogP contribution in [0.1, 0.15) is 44.9 Å².